The van der Waals surface area contributed by atoms with Gasteiger partial charge in [-0.1, -0.05) is 129 Å². The molecular weight excluding hydrogens is 320 g/mol. The van der Waals surface area contributed by atoms with Crippen molar-refractivity contribution in [2.45, 2.75) is 142 Å². The Morgan fingerprint density at radius 3 is 1.36 bits per heavy atom. The Morgan fingerprint density at radius 2 is 0.920 bits per heavy atom. The fraction of sp³-hybridized carbons (Fsp3) is 0.957. The van der Waals surface area contributed by atoms with Crippen molar-refractivity contribution in [3.63, 3.8) is 0 Å². The maximum atomic E-state index is 12.5. The molecule has 0 aromatic heterocycles. The Morgan fingerprint density at radius 1 is 0.560 bits per heavy atom. The van der Waals surface area contributed by atoms with E-state index in [2.05, 4.69) is 26.9 Å². The average Bonchev–Trinajstić information content (AvgIpc) is 2.59. The SMILES string of the molecule is CCCCCCCCCCC(=O)[Si](C)(C)CCCCCCCCCC. The predicted octanol–water partition coefficient (Wildman–Crippen LogP) is 8.47. The molecule has 0 saturated heterocycles. The van der Waals surface area contributed by atoms with Gasteiger partial charge in [0.2, 0.25) is 0 Å². The quantitative estimate of drug-likeness (QED) is 0.165. The summed E-state index contributed by atoms with van der Waals surface area (Å²) in [7, 11) is -1.61. The van der Waals surface area contributed by atoms with Gasteiger partial charge in [-0.25, -0.2) is 0 Å². The molecule has 0 atom stereocenters. The van der Waals surface area contributed by atoms with Crippen LogP contribution in [-0.2, 0) is 4.79 Å². The van der Waals surface area contributed by atoms with Crippen LogP contribution in [0.2, 0.25) is 19.1 Å². The summed E-state index contributed by atoms with van der Waals surface area (Å²) in [5.74, 6) is 0. The number of carbonyl (C=O) groups excluding carboxylic acids is 1. The summed E-state index contributed by atoms with van der Waals surface area (Å²) in [6, 6.07) is 1.22. The van der Waals surface area contributed by atoms with Crippen LogP contribution in [0.1, 0.15) is 123 Å². The van der Waals surface area contributed by atoms with Gasteiger partial charge in [0, 0.05) is 6.42 Å². The van der Waals surface area contributed by atoms with Gasteiger partial charge in [0.05, 0.1) is 0 Å². The molecule has 0 aliphatic rings. The zero-order valence-corrected chi connectivity index (χ0v) is 19.1. The number of hydrogen-bond donors (Lipinski definition) is 0. The van der Waals surface area contributed by atoms with Gasteiger partial charge in [-0.15, -0.1) is 0 Å². The lowest BCUT2D eigenvalue weighted by Gasteiger charge is -2.20. The monoisotopic (exact) mass is 368 g/mol. The number of unbranched alkanes of at least 4 members (excludes halogenated alkanes) is 14. The van der Waals surface area contributed by atoms with Gasteiger partial charge in [-0.05, 0) is 6.42 Å². The van der Waals surface area contributed by atoms with E-state index in [1.807, 2.05) is 0 Å². The highest BCUT2D eigenvalue weighted by Gasteiger charge is 2.28. The van der Waals surface area contributed by atoms with Crippen LogP contribution in [-0.4, -0.2) is 13.5 Å². The minimum absolute atomic E-state index is 0.640. The van der Waals surface area contributed by atoms with E-state index in [0.29, 0.717) is 5.41 Å². The first-order chi connectivity index (χ1) is 12.0. The van der Waals surface area contributed by atoms with E-state index in [9.17, 15) is 4.79 Å². The van der Waals surface area contributed by atoms with Gasteiger partial charge in [0.15, 0.2) is 0 Å². The fourth-order valence-corrected chi connectivity index (χ4v) is 5.86. The summed E-state index contributed by atoms with van der Waals surface area (Å²) in [6.45, 7) is 9.16. The van der Waals surface area contributed by atoms with Crippen molar-refractivity contribution in [1.82, 2.24) is 0 Å². The van der Waals surface area contributed by atoms with Crippen LogP contribution in [0.15, 0.2) is 0 Å². The van der Waals surface area contributed by atoms with Crippen molar-refractivity contribution in [2.75, 3.05) is 0 Å². The first kappa shape index (κ1) is 24.9. The molecule has 0 N–H and O–H groups in total. The van der Waals surface area contributed by atoms with E-state index >= 15 is 0 Å². The molecule has 0 aromatic carbocycles. The van der Waals surface area contributed by atoms with Crippen molar-refractivity contribution in [2.24, 2.45) is 0 Å². The van der Waals surface area contributed by atoms with Gasteiger partial charge >= 0.3 is 0 Å². The Bertz CT molecular complexity index is 298. The lowest BCUT2D eigenvalue weighted by molar-refractivity contribution is -0.112. The van der Waals surface area contributed by atoms with Crippen molar-refractivity contribution in [3.05, 3.63) is 0 Å². The van der Waals surface area contributed by atoms with Crippen LogP contribution in [0, 0.1) is 0 Å². The molecular formula is C23H48OSi. The second kappa shape index (κ2) is 17.3. The lowest BCUT2D eigenvalue weighted by atomic mass is 10.1. The minimum Gasteiger partial charge on any atom is -0.305 e. The summed E-state index contributed by atoms with van der Waals surface area (Å²) in [6.07, 6.45) is 22.4. The van der Waals surface area contributed by atoms with Gasteiger partial charge in [0.1, 0.15) is 13.5 Å². The molecule has 0 bridgehead atoms. The summed E-state index contributed by atoms with van der Waals surface area (Å²) in [5.41, 5.74) is 0. The van der Waals surface area contributed by atoms with Crippen molar-refractivity contribution < 1.29 is 4.79 Å². The third kappa shape index (κ3) is 15.8. The van der Waals surface area contributed by atoms with E-state index < -0.39 is 8.07 Å². The van der Waals surface area contributed by atoms with Crippen LogP contribution < -0.4 is 0 Å². The minimum atomic E-state index is -1.61. The van der Waals surface area contributed by atoms with E-state index in [1.54, 1.807) is 0 Å². The van der Waals surface area contributed by atoms with Crippen molar-refractivity contribution in [1.29, 1.82) is 0 Å². The third-order valence-corrected chi connectivity index (χ3v) is 9.03. The largest absolute Gasteiger partial charge is 0.305 e. The van der Waals surface area contributed by atoms with Crippen LogP contribution in [0.3, 0.4) is 0 Å². The van der Waals surface area contributed by atoms with E-state index in [1.165, 1.54) is 102 Å². The predicted molar refractivity (Wildman–Crippen MR) is 117 cm³/mol. The molecule has 25 heavy (non-hydrogen) atoms. The zero-order valence-electron chi connectivity index (χ0n) is 18.1. The summed E-state index contributed by atoms with van der Waals surface area (Å²) < 4.78 is 0. The van der Waals surface area contributed by atoms with Crippen molar-refractivity contribution in [3.8, 4) is 0 Å². The molecule has 0 aromatic rings. The highest BCUT2D eigenvalue weighted by molar-refractivity contribution is 7.04. The summed E-state index contributed by atoms with van der Waals surface area (Å²) >= 11 is 0. The number of carbonyl (C=O) groups is 1. The summed E-state index contributed by atoms with van der Waals surface area (Å²) in [4.78, 5) is 12.5. The number of hydrogen-bond acceptors (Lipinski definition) is 1. The first-order valence-electron chi connectivity index (χ1n) is 11.6. The molecule has 0 spiro atoms. The normalized spacial score (nSPS) is 11.8. The molecule has 0 aliphatic heterocycles. The van der Waals surface area contributed by atoms with Crippen LogP contribution >= 0.6 is 0 Å². The Kier molecular flexibility index (Phi) is 17.2. The van der Waals surface area contributed by atoms with Crippen LogP contribution in [0.4, 0.5) is 0 Å². The molecule has 2 heteroatoms. The van der Waals surface area contributed by atoms with Crippen molar-refractivity contribution >= 4 is 13.5 Å². The van der Waals surface area contributed by atoms with E-state index in [0.717, 1.165) is 12.8 Å². The van der Waals surface area contributed by atoms with Gasteiger partial charge < -0.3 is 4.79 Å². The molecule has 0 heterocycles. The molecule has 0 fully saturated rings. The maximum Gasteiger partial charge on any atom is 0.126 e. The summed E-state index contributed by atoms with van der Waals surface area (Å²) in [5, 5.41) is 0.640. The highest BCUT2D eigenvalue weighted by Crippen LogP contribution is 2.20. The van der Waals surface area contributed by atoms with E-state index in [-0.39, 0.29) is 0 Å². The molecule has 0 aliphatic carbocycles. The third-order valence-electron chi connectivity index (χ3n) is 5.67. The van der Waals surface area contributed by atoms with Gasteiger partial charge in [0.25, 0.3) is 0 Å². The van der Waals surface area contributed by atoms with Gasteiger partial charge in [-0.3, -0.25) is 0 Å². The second-order valence-corrected chi connectivity index (χ2v) is 13.6. The van der Waals surface area contributed by atoms with E-state index in [4.69, 9.17) is 0 Å². The molecule has 150 valence electrons. The Hall–Kier alpha value is -0.113. The number of rotatable bonds is 19. The lowest BCUT2D eigenvalue weighted by Crippen LogP contribution is -2.37. The van der Waals surface area contributed by atoms with Crippen LogP contribution in [0.25, 0.3) is 0 Å². The van der Waals surface area contributed by atoms with Crippen LogP contribution in [0.5, 0.6) is 0 Å². The molecule has 1 nitrogen and oxygen atoms in total. The standard InChI is InChI=1S/C23H48OSi/c1-5-7-9-11-13-15-17-19-21-23(24)25(3,4)22-20-18-16-14-12-10-8-6-2/h5-22H2,1-4H3. The molecule has 0 radical (unpaired) electrons. The highest BCUT2D eigenvalue weighted by atomic mass is 28.3. The fourth-order valence-electron chi connectivity index (χ4n) is 3.60. The smallest absolute Gasteiger partial charge is 0.126 e. The Labute approximate surface area is 160 Å². The topological polar surface area (TPSA) is 17.1 Å². The average molecular weight is 369 g/mol. The first-order valence-corrected chi connectivity index (χ1v) is 14.8. The molecule has 0 amide bonds. The molecule has 0 saturated carbocycles. The Balaban J connectivity index is 3.56. The maximum absolute atomic E-state index is 12.5. The molecule has 0 unspecified atom stereocenters. The zero-order chi connectivity index (χ0) is 18.8. The second-order valence-electron chi connectivity index (χ2n) is 8.76. The molecule has 0 rings (SSSR count). The van der Waals surface area contributed by atoms with Gasteiger partial charge in [-0.2, -0.15) is 0 Å².